The summed E-state index contributed by atoms with van der Waals surface area (Å²) in [4.78, 5) is 13.3. The Labute approximate surface area is 72.9 Å². The monoisotopic (exact) mass is 168 g/mol. The van der Waals surface area contributed by atoms with Gasteiger partial charge in [-0.1, -0.05) is 6.92 Å². The second-order valence-corrected chi connectivity index (χ2v) is 4.15. The largest absolute Gasteiger partial charge is 0.341 e. The Hall–Kier alpha value is -0.570. The molecule has 0 bridgehead atoms. The number of rotatable bonds is 2. The van der Waals surface area contributed by atoms with E-state index in [1.54, 1.807) is 0 Å². The normalized spacial score (nSPS) is 40.7. The van der Waals surface area contributed by atoms with Crippen LogP contribution >= 0.6 is 0 Å². The van der Waals surface area contributed by atoms with Crippen LogP contribution < -0.4 is 5.73 Å². The Kier molecular flexibility index (Phi) is 1.83. The van der Waals surface area contributed by atoms with E-state index in [2.05, 4.69) is 6.92 Å². The number of nitrogens with two attached hydrogens (primary N) is 1. The van der Waals surface area contributed by atoms with Gasteiger partial charge in [-0.25, -0.2) is 0 Å². The fourth-order valence-electron chi connectivity index (χ4n) is 1.88. The third kappa shape index (κ3) is 1.33. The quantitative estimate of drug-likeness (QED) is 0.640. The van der Waals surface area contributed by atoms with Gasteiger partial charge in [-0.05, 0) is 24.7 Å². The molecule has 3 atom stereocenters. The zero-order valence-corrected chi connectivity index (χ0v) is 7.49. The molecular formula is C9H16N2O. The molecule has 1 heterocycles. The lowest BCUT2D eigenvalue weighted by Gasteiger charge is -2.15. The first kappa shape index (κ1) is 8.05. The summed E-state index contributed by atoms with van der Waals surface area (Å²) in [5, 5.41) is 0. The highest BCUT2D eigenvalue weighted by Crippen LogP contribution is 2.38. The second kappa shape index (κ2) is 2.73. The molecule has 3 heteroatoms. The fourth-order valence-corrected chi connectivity index (χ4v) is 1.88. The summed E-state index contributed by atoms with van der Waals surface area (Å²) >= 11 is 0. The Morgan fingerprint density at radius 3 is 2.75 bits per heavy atom. The van der Waals surface area contributed by atoms with Crippen LogP contribution in [0.4, 0.5) is 0 Å². The van der Waals surface area contributed by atoms with E-state index in [0.29, 0.717) is 0 Å². The molecule has 0 aromatic carbocycles. The summed E-state index contributed by atoms with van der Waals surface area (Å²) < 4.78 is 0. The minimum Gasteiger partial charge on any atom is -0.341 e. The summed E-state index contributed by atoms with van der Waals surface area (Å²) in [5.74, 6) is 1.75. The molecule has 2 aliphatic rings. The topological polar surface area (TPSA) is 46.3 Å². The molecule has 2 rings (SSSR count). The highest BCUT2D eigenvalue weighted by molar-refractivity contribution is 5.83. The summed E-state index contributed by atoms with van der Waals surface area (Å²) in [7, 11) is 0. The molecule has 1 aliphatic heterocycles. The first-order valence-corrected chi connectivity index (χ1v) is 4.73. The molecule has 1 amide bonds. The Morgan fingerprint density at radius 1 is 1.67 bits per heavy atom. The average Bonchev–Trinajstić information content (AvgIpc) is 2.64. The minimum absolute atomic E-state index is 0.161. The maximum absolute atomic E-state index is 11.4. The van der Waals surface area contributed by atoms with Gasteiger partial charge in [-0.3, -0.25) is 4.79 Å². The van der Waals surface area contributed by atoms with E-state index in [4.69, 9.17) is 5.73 Å². The standard InChI is InChI=1S/C9H16N2O/c1-6-4-7(6)5-11-3-2-8(10)9(11)12/h6-8H,2-5,10H2,1H3. The van der Waals surface area contributed by atoms with E-state index in [-0.39, 0.29) is 11.9 Å². The van der Waals surface area contributed by atoms with E-state index < -0.39 is 0 Å². The van der Waals surface area contributed by atoms with Gasteiger partial charge in [-0.15, -0.1) is 0 Å². The van der Waals surface area contributed by atoms with Crippen molar-refractivity contribution < 1.29 is 4.79 Å². The van der Waals surface area contributed by atoms with Crippen LogP contribution in [-0.4, -0.2) is 29.9 Å². The molecule has 2 fully saturated rings. The van der Waals surface area contributed by atoms with Crippen molar-refractivity contribution in [1.82, 2.24) is 4.90 Å². The molecule has 1 aliphatic carbocycles. The van der Waals surface area contributed by atoms with E-state index in [1.807, 2.05) is 4.90 Å². The number of carbonyl (C=O) groups is 1. The second-order valence-electron chi connectivity index (χ2n) is 4.15. The lowest BCUT2D eigenvalue weighted by atomic mass is 10.3. The molecule has 1 saturated carbocycles. The molecule has 68 valence electrons. The highest BCUT2D eigenvalue weighted by atomic mass is 16.2. The number of carbonyl (C=O) groups excluding carboxylic acids is 1. The van der Waals surface area contributed by atoms with Crippen LogP contribution in [0, 0.1) is 11.8 Å². The molecule has 0 spiro atoms. The summed E-state index contributed by atoms with van der Waals surface area (Å²) in [5.41, 5.74) is 5.61. The highest BCUT2D eigenvalue weighted by Gasteiger charge is 2.38. The lowest BCUT2D eigenvalue weighted by molar-refractivity contribution is -0.128. The van der Waals surface area contributed by atoms with Crippen molar-refractivity contribution >= 4 is 5.91 Å². The first-order chi connectivity index (χ1) is 5.68. The van der Waals surface area contributed by atoms with Gasteiger partial charge < -0.3 is 10.6 Å². The van der Waals surface area contributed by atoms with Crippen LogP contribution in [0.1, 0.15) is 19.8 Å². The van der Waals surface area contributed by atoms with Gasteiger partial charge in [0, 0.05) is 13.1 Å². The van der Waals surface area contributed by atoms with Gasteiger partial charge in [0.15, 0.2) is 0 Å². The van der Waals surface area contributed by atoms with Crippen molar-refractivity contribution in [2.75, 3.05) is 13.1 Å². The van der Waals surface area contributed by atoms with Crippen molar-refractivity contribution in [3.05, 3.63) is 0 Å². The van der Waals surface area contributed by atoms with E-state index in [1.165, 1.54) is 6.42 Å². The molecule has 3 nitrogen and oxygen atoms in total. The average molecular weight is 168 g/mol. The third-order valence-corrected chi connectivity index (χ3v) is 3.07. The lowest BCUT2D eigenvalue weighted by Crippen LogP contribution is -2.35. The molecule has 0 radical (unpaired) electrons. The summed E-state index contributed by atoms with van der Waals surface area (Å²) in [6.45, 7) is 4.07. The van der Waals surface area contributed by atoms with Crippen molar-refractivity contribution in [2.45, 2.75) is 25.8 Å². The number of likely N-dealkylation sites (tertiary alicyclic amines) is 1. The summed E-state index contributed by atoms with van der Waals surface area (Å²) in [6, 6.07) is -0.209. The van der Waals surface area contributed by atoms with E-state index in [0.717, 1.165) is 31.3 Å². The predicted molar refractivity (Wildman–Crippen MR) is 46.4 cm³/mol. The van der Waals surface area contributed by atoms with Crippen LogP contribution in [0.3, 0.4) is 0 Å². The molecule has 0 aromatic rings. The number of hydrogen-bond donors (Lipinski definition) is 1. The van der Waals surface area contributed by atoms with Crippen molar-refractivity contribution in [3.63, 3.8) is 0 Å². The first-order valence-electron chi connectivity index (χ1n) is 4.73. The van der Waals surface area contributed by atoms with Crippen LogP contribution in [0.25, 0.3) is 0 Å². The zero-order valence-electron chi connectivity index (χ0n) is 7.49. The van der Waals surface area contributed by atoms with Crippen molar-refractivity contribution in [1.29, 1.82) is 0 Å². The number of amides is 1. The van der Waals surface area contributed by atoms with E-state index >= 15 is 0 Å². The zero-order chi connectivity index (χ0) is 8.72. The minimum atomic E-state index is -0.209. The Morgan fingerprint density at radius 2 is 2.33 bits per heavy atom. The molecule has 1 saturated heterocycles. The molecular weight excluding hydrogens is 152 g/mol. The van der Waals surface area contributed by atoms with Gasteiger partial charge in [0.25, 0.3) is 0 Å². The van der Waals surface area contributed by atoms with Gasteiger partial charge in [-0.2, -0.15) is 0 Å². The number of nitrogens with zero attached hydrogens (tertiary/aromatic N) is 1. The van der Waals surface area contributed by atoms with Crippen LogP contribution in [0.2, 0.25) is 0 Å². The fraction of sp³-hybridized carbons (Fsp3) is 0.889. The molecule has 12 heavy (non-hydrogen) atoms. The predicted octanol–water partition coefficient (Wildman–Crippen LogP) is 0.202. The molecule has 0 aromatic heterocycles. The van der Waals surface area contributed by atoms with Crippen LogP contribution in [-0.2, 0) is 4.79 Å². The van der Waals surface area contributed by atoms with Crippen molar-refractivity contribution in [2.24, 2.45) is 17.6 Å². The van der Waals surface area contributed by atoms with Gasteiger partial charge in [0.2, 0.25) is 5.91 Å². The molecule has 2 N–H and O–H groups in total. The maximum atomic E-state index is 11.4. The number of hydrogen-bond acceptors (Lipinski definition) is 2. The van der Waals surface area contributed by atoms with Gasteiger partial charge in [0.1, 0.15) is 0 Å². The maximum Gasteiger partial charge on any atom is 0.239 e. The Balaban J connectivity index is 1.85. The van der Waals surface area contributed by atoms with E-state index in [9.17, 15) is 4.79 Å². The SMILES string of the molecule is CC1CC1CN1CCC(N)C1=O. The van der Waals surface area contributed by atoms with Gasteiger partial charge in [0.05, 0.1) is 6.04 Å². The summed E-state index contributed by atoms with van der Waals surface area (Å²) in [6.07, 6.45) is 2.14. The van der Waals surface area contributed by atoms with Crippen molar-refractivity contribution in [3.8, 4) is 0 Å². The third-order valence-electron chi connectivity index (χ3n) is 3.07. The Bertz CT molecular complexity index is 205. The van der Waals surface area contributed by atoms with Gasteiger partial charge >= 0.3 is 0 Å². The smallest absolute Gasteiger partial charge is 0.239 e. The van der Waals surface area contributed by atoms with Crippen LogP contribution in [0.15, 0.2) is 0 Å². The molecule has 3 unspecified atom stereocenters. The van der Waals surface area contributed by atoms with Crippen LogP contribution in [0.5, 0.6) is 0 Å².